The number of nitrogens with one attached hydrogen (secondary N) is 2. The highest BCUT2D eigenvalue weighted by molar-refractivity contribution is 7.92. The van der Waals surface area contributed by atoms with E-state index in [0.717, 1.165) is 5.69 Å². The first-order chi connectivity index (χ1) is 9.03. The van der Waals surface area contributed by atoms with Crippen LogP contribution < -0.4 is 10.0 Å². The van der Waals surface area contributed by atoms with E-state index >= 15 is 0 Å². The molecule has 0 aliphatic heterocycles. The van der Waals surface area contributed by atoms with Gasteiger partial charge in [-0.15, -0.1) is 0 Å². The molecule has 0 bridgehead atoms. The Hall–Kier alpha value is -2.15. The molecule has 2 aromatic heterocycles. The number of sulfonamides is 1. The van der Waals surface area contributed by atoms with E-state index in [9.17, 15) is 8.42 Å². The molecule has 0 atom stereocenters. The van der Waals surface area contributed by atoms with Crippen LogP contribution in [0.2, 0.25) is 0 Å². The third kappa shape index (κ3) is 3.00. The van der Waals surface area contributed by atoms with Crippen LogP contribution in [0.15, 0.2) is 41.6 Å². The summed E-state index contributed by atoms with van der Waals surface area (Å²) >= 11 is 0. The van der Waals surface area contributed by atoms with Gasteiger partial charge in [-0.05, 0) is 25.1 Å². The predicted octanol–water partition coefficient (Wildman–Crippen LogP) is 1.63. The molecule has 0 aliphatic carbocycles. The molecular weight excluding hydrogens is 264 g/mol. The van der Waals surface area contributed by atoms with Gasteiger partial charge >= 0.3 is 0 Å². The van der Waals surface area contributed by atoms with Crippen LogP contribution in [-0.4, -0.2) is 25.4 Å². The molecule has 2 aromatic rings. The Kier molecular flexibility index (Phi) is 3.66. The van der Waals surface area contributed by atoms with Crippen LogP contribution in [0.3, 0.4) is 0 Å². The minimum Gasteiger partial charge on any atom is -0.387 e. The van der Waals surface area contributed by atoms with Crippen LogP contribution in [0.5, 0.6) is 0 Å². The van der Waals surface area contributed by atoms with E-state index < -0.39 is 10.0 Å². The lowest BCUT2D eigenvalue weighted by atomic mass is 10.4. The van der Waals surface area contributed by atoms with E-state index in [2.05, 4.69) is 20.0 Å². The van der Waals surface area contributed by atoms with Crippen molar-refractivity contribution in [3.8, 4) is 0 Å². The highest BCUT2D eigenvalue weighted by Crippen LogP contribution is 2.21. The van der Waals surface area contributed by atoms with Gasteiger partial charge in [-0.25, -0.2) is 13.4 Å². The number of hydrogen-bond acceptors (Lipinski definition) is 5. The van der Waals surface area contributed by atoms with Crippen molar-refractivity contribution in [3.05, 3.63) is 42.4 Å². The third-order valence-electron chi connectivity index (χ3n) is 2.47. The molecule has 0 fully saturated rings. The number of rotatable bonds is 4. The van der Waals surface area contributed by atoms with Crippen molar-refractivity contribution in [3.63, 3.8) is 0 Å². The first-order valence-electron chi connectivity index (χ1n) is 5.61. The fourth-order valence-electron chi connectivity index (χ4n) is 1.59. The summed E-state index contributed by atoms with van der Waals surface area (Å²) in [6.07, 6.45) is 2.82. The summed E-state index contributed by atoms with van der Waals surface area (Å²) in [6.45, 7) is 1.79. The van der Waals surface area contributed by atoms with E-state index in [1.807, 2.05) is 0 Å². The topological polar surface area (TPSA) is 84.0 Å². The van der Waals surface area contributed by atoms with Crippen LogP contribution in [0, 0.1) is 6.92 Å². The molecule has 0 aromatic carbocycles. The molecule has 0 saturated heterocycles. The van der Waals surface area contributed by atoms with Gasteiger partial charge in [0.05, 0.1) is 5.69 Å². The summed E-state index contributed by atoms with van der Waals surface area (Å²) in [6, 6.07) is 6.72. The highest BCUT2D eigenvalue weighted by atomic mass is 32.2. The zero-order valence-corrected chi connectivity index (χ0v) is 11.4. The van der Waals surface area contributed by atoms with Crippen molar-refractivity contribution in [1.29, 1.82) is 0 Å². The van der Waals surface area contributed by atoms with Gasteiger partial charge in [0, 0.05) is 25.1 Å². The van der Waals surface area contributed by atoms with E-state index in [0.29, 0.717) is 5.69 Å². The lowest BCUT2D eigenvalue weighted by Gasteiger charge is -2.11. The van der Waals surface area contributed by atoms with Gasteiger partial charge in [-0.1, -0.05) is 6.07 Å². The van der Waals surface area contributed by atoms with E-state index in [1.165, 1.54) is 12.4 Å². The molecule has 0 aliphatic rings. The summed E-state index contributed by atoms with van der Waals surface area (Å²) in [4.78, 5) is 8.03. The Morgan fingerprint density at radius 2 is 2.00 bits per heavy atom. The zero-order chi connectivity index (χ0) is 13.9. The summed E-state index contributed by atoms with van der Waals surface area (Å²) < 4.78 is 27.0. The average Bonchev–Trinajstić information content (AvgIpc) is 2.38. The number of anilines is 2. The van der Waals surface area contributed by atoms with Gasteiger partial charge in [0.1, 0.15) is 10.7 Å². The van der Waals surface area contributed by atoms with Gasteiger partial charge in [0.15, 0.2) is 0 Å². The van der Waals surface area contributed by atoms with Crippen molar-refractivity contribution < 1.29 is 8.42 Å². The third-order valence-corrected chi connectivity index (χ3v) is 3.85. The molecule has 0 amide bonds. The standard InChI is InChI=1S/C12H14N4O2S/c1-9-4-3-5-12(15-9)16-19(17,18)11-8-14-7-6-10(11)13-2/h3-8H,1-2H3,(H,13,14)(H,15,16). The Morgan fingerprint density at radius 3 is 2.68 bits per heavy atom. The molecule has 2 rings (SSSR count). The molecule has 19 heavy (non-hydrogen) atoms. The van der Waals surface area contributed by atoms with Crippen LogP contribution in [-0.2, 0) is 10.0 Å². The minimum atomic E-state index is -3.71. The van der Waals surface area contributed by atoms with Crippen molar-refractivity contribution >= 4 is 21.5 Å². The van der Waals surface area contributed by atoms with E-state index in [4.69, 9.17) is 0 Å². The monoisotopic (exact) mass is 278 g/mol. The summed E-state index contributed by atoms with van der Waals surface area (Å²) in [7, 11) is -2.06. The molecule has 0 saturated carbocycles. The smallest absolute Gasteiger partial charge is 0.266 e. The van der Waals surface area contributed by atoms with Crippen LogP contribution in [0.25, 0.3) is 0 Å². The number of hydrogen-bond donors (Lipinski definition) is 2. The van der Waals surface area contributed by atoms with Gasteiger partial charge in [-0.2, -0.15) is 0 Å². The largest absolute Gasteiger partial charge is 0.387 e. The summed E-state index contributed by atoms with van der Waals surface area (Å²) in [5.74, 6) is 0.283. The van der Waals surface area contributed by atoms with Crippen molar-refractivity contribution in [1.82, 2.24) is 9.97 Å². The maximum atomic E-state index is 12.3. The molecule has 2 heterocycles. The maximum Gasteiger partial charge on any atom is 0.266 e. The van der Waals surface area contributed by atoms with Gasteiger partial charge in [0.25, 0.3) is 10.0 Å². The summed E-state index contributed by atoms with van der Waals surface area (Å²) in [5, 5.41) is 2.82. The molecule has 7 heteroatoms. The van der Waals surface area contributed by atoms with Crippen molar-refractivity contribution in [2.75, 3.05) is 17.1 Å². The SMILES string of the molecule is CNc1ccncc1S(=O)(=O)Nc1cccc(C)n1. The number of aryl methyl sites for hydroxylation is 1. The second-order valence-electron chi connectivity index (χ2n) is 3.89. The molecule has 100 valence electrons. The summed E-state index contributed by atoms with van der Waals surface area (Å²) in [5.41, 5.74) is 1.22. The second-order valence-corrected chi connectivity index (χ2v) is 5.54. The fraction of sp³-hybridized carbons (Fsp3) is 0.167. The van der Waals surface area contributed by atoms with Crippen molar-refractivity contribution in [2.24, 2.45) is 0 Å². The quantitative estimate of drug-likeness (QED) is 0.888. The maximum absolute atomic E-state index is 12.3. The van der Waals surface area contributed by atoms with Gasteiger partial charge in [-0.3, -0.25) is 9.71 Å². The van der Waals surface area contributed by atoms with E-state index in [-0.39, 0.29) is 10.7 Å². The van der Waals surface area contributed by atoms with Crippen molar-refractivity contribution in [2.45, 2.75) is 11.8 Å². The molecule has 0 unspecified atom stereocenters. The zero-order valence-electron chi connectivity index (χ0n) is 10.6. The molecular formula is C12H14N4O2S. The molecule has 0 spiro atoms. The second kappa shape index (κ2) is 5.23. The molecule has 6 nitrogen and oxygen atoms in total. The van der Waals surface area contributed by atoms with Crippen LogP contribution in [0.4, 0.5) is 11.5 Å². The normalized spacial score (nSPS) is 11.1. The van der Waals surface area contributed by atoms with Crippen LogP contribution in [0.1, 0.15) is 5.69 Å². The van der Waals surface area contributed by atoms with Crippen LogP contribution >= 0.6 is 0 Å². The average molecular weight is 278 g/mol. The highest BCUT2D eigenvalue weighted by Gasteiger charge is 2.18. The minimum absolute atomic E-state index is 0.0841. The van der Waals surface area contributed by atoms with Gasteiger partial charge in [0.2, 0.25) is 0 Å². The molecule has 0 radical (unpaired) electrons. The Bertz CT molecular complexity index is 686. The Balaban J connectivity index is 2.38. The lowest BCUT2D eigenvalue weighted by Crippen LogP contribution is -2.16. The Labute approximate surface area is 112 Å². The first-order valence-corrected chi connectivity index (χ1v) is 7.09. The molecule has 2 N–H and O–H groups in total. The first kappa shape index (κ1) is 13.3. The number of nitrogens with zero attached hydrogens (tertiary/aromatic N) is 2. The Morgan fingerprint density at radius 1 is 1.21 bits per heavy atom. The fourth-order valence-corrected chi connectivity index (χ4v) is 2.75. The van der Waals surface area contributed by atoms with Gasteiger partial charge < -0.3 is 5.32 Å². The predicted molar refractivity (Wildman–Crippen MR) is 73.6 cm³/mol. The lowest BCUT2D eigenvalue weighted by molar-refractivity contribution is 0.601. The number of aromatic nitrogens is 2. The number of pyridine rings is 2. The van der Waals surface area contributed by atoms with E-state index in [1.54, 1.807) is 38.2 Å².